The zero-order chi connectivity index (χ0) is 7.82. The molecule has 0 rings (SSSR count). The predicted octanol–water partition coefficient (Wildman–Crippen LogP) is 1.46. The number of hydrogen-bond donors (Lipinski definition) is 2. The molecule has 0 unspecified atom stereocenters. The molecule has 60 valence electrons. The van der Waals surface area contributed by atoms with E-state index in [4.69, 9.17) is 5.21 Å². The maximum Gasteiger partial charge on any atom is 0.243 e. The molecule has 0 aromatic rings. The van der Waals surface area contributed by atoms with Crippen LogP contribution in [0.25, 0.3) is 0 Å². The Hall–Kier alpha value is -0.570. The first kappa shape index (κ1) is 9.43. The van der Waals surface area contributed by atoms with E-state index < -0.39 is 0 Å². The predicted molar refractivity (Wildman–Crippen MR) is 38.7 cm³/mol. The fraction of sp³-hybridized carbons (Fsp3) is 0.857. The molecule has 0 spiro atoms. The Balaban J connectivity index is 2.96. The fourth-order valence-corrected chi connectivity index (χ4v) is 0.768. The first-order valence-corrected chi connectivity index (χ1v) is 3.74. The van der Waals surface area contributed by atoms with Crippen molar-refractivity contribution in [1.29, 1.82) is 0 Å². The summed E-state index contributed by atoms with van der Waals surface area (Å²) in [5.41, 5.74) is 1.60. The molecular weight excluding hydrogens is 130 g/mol. The highest BCUT2D eigenvalue weighted by Gasteiger charge is 1.96. The second-order valence-electron chi connectivity index (χ2n) is 2.35. The molecule has 3 nitrogen and oxygen atoms in total. The quantitative estimate of drug-likeness (QED) is 0.349. The van der Waals surface area contributed by atoms with Crippen LogP contribution < -0.4 is 5.48 Å². The second kappa shape index (κ2) is 6.55. The van der Waals surface area contributed by atoms with Crippen LogP contribution in [0.1, 0.15) is 39.0 Å². The maximum atomic E-state index is 10.4. The van der Waals surface area contributed by atoms with Crippen molar-refractivity contribution in [3.63, 3.8) is 0 Å². The van der Waals surface area contributed by atoms with Gasteiger partial charge in [-0.3, -0.25) is 10.0 Å². The van der Waals surface area contributed by atoms with Gasteiger partial charge in [0.1, 0.15) is 0 Å². The van der Waals surface area contributed by atoms with Crippen LogP contribution in [-0.4, -0.2) is 11.1 Å². The van der Waals surface area contributed by atoms with E-state index in [9.17, 15) is 4.79 Å². The Kier molecular flexibility index (Phi) is 6.18. The van der Waals surface area contributed by atoms with Gasteiger partial charge in [0.25, 0.3) is 0 Å². The minimum absolute atomic E-state index is 0.281. The number of hydrogen-bond acceptors (Lipinski definition) is 2. The van der Waals surface area contributed by atoms with Gasteiger partial charge in [-0.15, -0.1) is 0 Å². The Labute approximate surface area is 61.4 Å². The summed E-state index contributed by atoms with van der Waals surface area (Å²) in [5, 5.41) is 8.09. The molecule has 3 heteroatoms. The molecule has 0 saturated carbocycles. The third-order valence-electron chi connectivity index (χ3n) is 1.38. The molecule has 0 aliphatic carbocycles. The second-order valence-corrected chi connectivity index (χ2v) is 2.35. The summed E-state index contributed by atoms with van der Waals surface area (Å²) in [4.78, 5) is 10.4. The van der Waals surface area contributed by atoms with E-state index >= 15 is 0 Å². The van der Waals surface area contributed by atoms with Gasteiger partial charge >= 0.3 is 0 Å². The van der Waals surface area contributed by atoms with Crippen LogP contribution in [0.3, 0.4) is 0 Å². The number of nitrogens with one attached hydrogen (secondary N) is 1. The monoisotopic (exact) mass is 145 g/mol. The minimum Gasteiger partial charge on any atom is -0.289 e. The maximum absolute atomic E-state index is 10.4. The van der Waals surface area contributed by atoms with Crippen LogP contribution in [0.2, 0.25) is 0 Å². The lowest BCUT2D eigenvalue weighted by atomic mass is 10.1. The standard InChI is InChI=1S/C7H15NO2/c1-2-3-4-5-6-7(9)8-10/h10H,2-6H2,1H3,(H,8,9). The lowest BCUT2D eigenvalue weighted by Gasteiger charge is -1.96. The molecule has 0 aliphatic heterocycles. The number of carbonyl (C=O) groups excluding carboxylic acids is 1. The van der Waals surface area contributed by atoms with E-state index in [-0.39, 0.29) is 5.91 Å². The Bertz CT molecular complexity index is 93.6. The van der Waals surface area contributed by atoms with Crippen LogP contribution in [0.15, 0.2) is 0 Å². The normalized spacial score (nSPS) is 9.40. The van der Waals surface area contributed by atoms with Crippen LogP contribution in [0.4, 0.5) is 0 Å². The highest BCUT2D eigenvalue weighted by Crippen LogP contribution is 2.01. The lowest BCUT2D eigenvalue weighted by Crippen LogP contribution is -2.17. The van der Waals surface area contributed by atoms with Gasteiger partial charge in [-0.1, -0.05) is 26.2 Å². The summed E-state index contributed by atoms with van der Waals surface area (Å²) in [5.74, 6) is -0.281. The van der Waals surface area contributed by atoms with E-state index in [1.165, 1.54) is 12.8 Å². The SMILES string of the molecule is CCCCCCC(=O)NO. The van der Waals surface area contributed by atoms with Crippen molar-refractivity contribution in [2.24, 2.45) is 0 Å². The lowest BCUT2D eigenvalue weighted by molar-refractivity contribution is -0.129. The number of unbranched alkanes of at least 4 members (excludes halogenated alkanes) is 3. The fourth-order valence-electron chi connectivity index (χ4n) is 0.768. The van der Waals surface area contributed by atoms with Crippen molar-refractivity contribution < 1.29 is 10.0 Å². The van der Waals surface area contributed by atoms with E-state index in [0.717, 1.165) is 12.8 Å². The molecule has 0 radical (unpaired) electrons. The zero-order valence-electron chi connectivity index (χ0n) is 6.39. The molecular formula is C7H15NO2. The van der Waals surface area contributed by atoms with Crippen molar-refractivity contribution >= 4 is 5.91 Å². The molecule has 10 heavy (non-hydrogen) atoms. The molecule has 0 bridgehead atoms. The molecule has 0 aliphatic rings. The third kappa shape index (κ3) is 5.56. The van der Waals surface area contributed by atoms with Crippen molar-refractivity contribution in [2.75, 3.05) is 0 Å². The van der Waals surface area contributed by atoms with E-state index in [2.05, 4.69) is 6.92 Å². The van der Waals surface area contributed by atoms with Crippen LogP contribution >= 0.6 is 0 Å². The van der Waals surface area contributed by atoms with Gasteiger partial charge in [-0.25, -0.2) is 5.48 Å². The van der Waals surface area contributed by atoms with E-state index in [0.29, 0.717) is 6.42 Å². The van der Waals surface area contributed by atoms with E-state index in [1.807, 2.05) is 0 Å². The van der Waals surface area contributed by atoms with Crippen LogP contribution in [0, 0.1) is 0 Å². The number of carbonyl (C=O) groups is 1. The summed E-state index contributed by atoms with van der Waals surface area (Å²) in [6.45, 7) is 2.12. The number of hydroxylamine groups is 1. The Morgan fingerprint density at radius 2 is 2.10 bits per heavy atom. The average Bonchev–Trinajstić information content (AvgIpc) is 1.98. The van der Waals surface area contributed by atoms with Crippen molar-refractivity contribution in [2.45, 2.75) is 39.0 Å². The summed E-state index contributed by atoms with van der Waals surface area (Å²) in [7, 11) is 0. The van der Waals surface area contributed by atoms with Crippen molar-refractivity contribution in [3.8, 4) is 0 Å². The number of rotatable bonds is 5. The molecule has 0 atom stereocenters. The highest BCUT2D eigenvalue weighted by atomic mass is 16.5. The average molecular weight is 145 g/mol. The van der Waals surface area contributed by atoms with Crippen LogP contribution in [0.5, 0.6) is 0 Å². The molecule has 0 aromatic carbocycles. The van der Waals surface area contributed by atoms with Gasteiger partial charge in [-0.2, -0.15) is 0 Å². The van der Waals surface area contributed by atoms with Gasteiger partial charge in [0, 0.05) is 6.42 Å². The van der Waals surface area contributed by atoms with E-state index in [1.54, 1.807) is 5.48 Å². The van der Waals surface area contributed by atoms with Gasteiger partial charge < -0.3 is 0 Å². The summed E-state index contributed by atoms with van der Waals surface area (Å²) >= 11 is 0. The molecule has 1 amide bonds. The largest absolute Gasteiger partial charge is 0.289 e. The van der Waals surface area contributed by atoms with Crippen LogP contribution in [-0.2, 0) is 4.79 Å². The van der Waals surface area contributed by atoms with Crippen molar-refractivity contribution in [3.05, 3.63) is 0 Å². The Morgan fingerprint density at radius 3 is 2.60 bits per heavy atom. The minimum atomic E-state index is -0.281. The molecule has 0 heterocycles. The molecule has 2 N–H and O–H groups in total. The third-order valence-corrected chi connectivity index (χ3v) is 1.38. The molecule has 0 fully saturated rings. The molecule has 0 saturated heterocycles. The summed E-state index contributed by atoms with van der Waals surface area (Å²) in [6, 6.07) is 0. The van der Waals surface area contributed by atoms with Gasteiger partial charge in [-0.05, 0) is 6.42 Å². The number of amides is 1. The molecule has 0 aromatic heterocycles. The topological polar surface area (TPSA) is 49.3 Å². The highest BCUT2D eigenvalue weighted by molar-refractivity contribution is 5.74. The van der Waals surface area contributed by atoms with Gasteiger partial charge in [0.05, 0.1) is 0 Å². The Morgan fingerprint density at radius 1 is 1.40 bits per heavy atom. The summed E-state index contributed by atoms with van der Waals surface area (Å²) < 4.78 is 0. The van der Waals surface area contributed by atoms with Gasteiger partial charge in [0.2, 0.25) is 5.91 Å². The first-order valence-electron chi connectivity index (χ1n) is 3.74. The zero-order valence-corrected chi connectivity index (χ0v) is 6.39. The van der Waals surface area contributed by atoms with Crippen molar-refractivity contribution in [1.82, 2.24) is 5.48 Å². The summed E-state index contributed by atoms with van der Waals surface area (Å²) in [6.07, 6.45) is 4.72. The van der Waals surface area contributed by atoms with Gasteiger partial charge in [0.15, 0.2) is 0 Å². The smallest absolute Gasteiger partial charge is 0.243 e. The first-order chi connectivity index (χ1) is 4.81.